The molecule has 174 valence electrons. The number of methoxy groups -OCH3 is 1. The molecule has 3 aromatic rings. The number of nitrogens with zero attached hydrogens (tertiary/aromatic N) is 6. The van der Waals surface area contributed by atoms with E-state index in [2.05, 4.69) is 74.1 Å². The van der Waals surface area contributed by atoms with Crippen LogP contribution in [0.5, 0.6) is 5.75 Å². The van der Waals surface area contributed by atoms with Crippen LogP contribution in [0.2, 0.25) is 0 Å². The Balaban J connectivity index is 1.41. The second-order valence-electron chi connectivity index (χ2n) is 8.09. The van der Waals surface area contributed by atoms with Gasteiger partial charge in [-0.2, -0.15) is 16.4 Å². The van der Waals surface area contributed by atoms with Gasteiger partial charge in [0.2, 0.25) is 0 Å². The average molecular weight is 465 g/mol. The molecule has 33 heavy (non-hydrogen) atoms. The molecule has 0 bridgehead atoms. The lowest BCUT2D eigenvalue weighted by molar-refractivity contribution is 0.0965. The molecule has 0 spiro atoms. The Morgan fingerprint density at radius 3 is 2.48 bits per heavy atom. The van der Waals surface area contributed by atoms with Gasteiger partial charge in [0.25, 0.3) is 0 Å². The SMILES string of the molecule is COc1ccc(-n2nnnc2C(CCSC)N2CCN(C/C=C/c3ccccc3)CC2)cc1. The number of thioether (sulfide) groups is 1. The summed E-state index contributed by atoms with van der Waals surface area (Å²) < 4.78 is 7.17. The standard InChI is InChI=1S/C25H32N6OS/c1-32-23-12-10-22(11-13-23)31-25(26-27-28-31)24(14-20-33-2)30-18-16-29(17-19-30)15-6-9-21-7-4-3-5-8-21/h3-13,24H,14-20H2,1-2H3/b9-6+. The lowest BCUT2D eigenvalue weighted by Gasteiger charge is -2.38. The van der Waals surface area contributed by atoms with Crippen LogP contribution in [0.3, 0.4) is 0 Å². The molecule has 4 rings (SSSR count). The van der Waals surface area contributed by atoms with Gasteiger partial charge < -0.3 is 4.74 Å². The maximum atomic E-state index is 5.29. The summed E-state index contributed by atoms with van der Waals surface area (Å²) in [5, 5.41) is 12.8. The third-order valence-electron chi connectivity index (χ3n) is 6.03. The largest absolute Gasteiger partial charge is 0.497 e. The Morgan fingerprint density at radius 2 is 1.79 bits per heavy atom. The first-order chi connectivity index (χ1) is 16.3. The summed E-state index contributed by atoms with van der Waals surface area (Å²) in [6.45, 7) is 5.07. The van der Waals surface area contributed by atoms with Crippen LogP contribution in [0.15, 0.2) is 60.7 Å². The second-order valence-corrected chi connectivity index (χ2v) is 9.08. The van der Waals surface area contributed by atoms with Crippen LogP contribution in [0, 0.1) is 0 Å². The second kappa shape index (κ2) is 12.0. The van der Waals surface area contributed by atoms with Gasteiger partial charge in [0.15, 0.2) is 5.82 Å². The molecule has 1 aliphatic rings. The number of hydrogen-bond acceptors (Lipinski definition) is 7. The minimum atomic E-state index is 0.191. The number of benzene rings is 2. The van der Waals surface area contributed by atoms with E-state index in [1.54, 1.807) is 7.11 Å². The van der Waals surface area contributed by atoms with Crippen molar-refractivity contribution >= 4 is 17.8 Å². The highest BCUT2D eigenvalue weighted by Crippen LogP contribution is 2.27. The van der Waals surface area contributed by atoms with Crippen molar-refractivity contribution in [2.24, 2.45) is 0 Å². The summed E-state index contributed by atoms with van der Waals surface area (Å²) in [7, 11) is 1.67. The van der Waals surface area contributed by atoms with Crippen LogP contribution < -0.4 is 4.74 Å². The quantitative estimate of drug-likeness (QED) is 0.452. The molecule has 1 aliphatic heterocycles. The molecule has 0 saturated carbocycles. The van der Waals surface area contributed by atoms with Crippen molar-refractivity contribution in [1.29, 1.82) is 0 Å². The Hall–Kier alpha value is -2.68. The predicted molar refractivity (Wildman–Crippen MR) is 135 cm³/mol. The Bertz CT molecular complexity index is 999. The molecule has 2 heterocycles. The minimum absolute atomic E-state index is 0.191. The third kappa shape index (κ3) is 6.22. The maximum Gasteiger partial charge on any atom is 0.173 e. The zero-order chi connectivity index (χ0) is 22.9. The summed E-state index contributed by atoms with van der Waals surface area (Å²) in [5.74, 6) is 2.80. The number of ether oxygens (including phenoxy) is 1. The van der Waals surface area contributed by atoms with Gasteiger partial charge in [0, 0.05) is 32.7 Å². The van der Waals surface area contributed by atoms with E-state index in [-0.39, 0.29) is 6.04 Å². The van der Waals surface area contributed by atoms with Crippen LogP contribution >= 0.6 is 11.8 Å². The van der Waals surface area contributed by atoms with Gasteiger partial charge in [0.1, 0.15) is 5.75 Å². The number of tetrazole rings is 1. The van der Waals surface area contributed by atoms with E-state index < -0.39 is 0 Å². The summed E-state index contributed by atoms with van der Waals surface area (Å²) >= 11 is 1.87. The van der Waals surface area contributed by atoms with Gasteiger partial charge >= 0.3 is 0 Å². The lowest BCUT2D eigenvalue weighted by atomic mass is 10.1. The highest BCUT2D eigenvalue weighted by Gasteiger charge is 2.29. The van der Waals surface area contributed by atoms with Crippen LogP contribution in [0.1, 0.15) is 23.9 Å². The molecule has 0 radical (unpaired) electrons. The summed E-state index contributed by atoms with van der Waals surface area (Å²) in [6.07, 6.45) is 7.64. The Morgan fingerprint density at radius 1 is 1.03 bits per heavy atom. The maximum absolute atomic E-state index is 5.29. The highest BCUT2D eigenvalue weighted by molar-refractivity contribution is 7.98. The van der Waals surface area contributed by atoms with E-state index in [9.17, 15) is 0 Å². The molecule has 1 atom stereocenters. The van der Waals surface area contributed by atoms with Crippen molar-refractivity contribution in [3.05, 3.63) is 72.1 Å². The van der Waals surface area contributed by atoms with E-state index in [1.165, 1.54) is 5.56 Å². The monoisotopic (exact) mass is 464 g/mol. The van der Waals surface area contributed by atoms with Crippen molar-refractivity contribution in [2.75, 3.05) is 51.8 Å². The normalized spacial score (nSPS) is 16.3. The first-order valence-corrected chi connectivity index (χ1v) is 12.8. The first kappa shape index (κ1) is 23.5. The molecule has 2 aromatic carbocycles. The van der Waals surface area contributed by atoms with Crippen molar-refractivity contribution in [3.63, 3.8) is 0 Å². The fourth-order valence-electron chi connectivity index (χ4n) is 4.17. The third-order valence-corrected chi connectivity index (χ3v) is 6.67. The molecule has 1 aromatic heterocycles. The molecule has 0 amide bonds. The van der Waals surface area contributed by atoms with Gasteiger partial charge in [-0.25, -0.2) is 0 Å². The lowest BCUT2D eigenvalue weighted by Crippen LogP contribution is -2.48. The topological polar surface area (TPSA) is 59.3 Å². The van der Waals surface area contributed by atoms with Crippen molar-refractivity contribution < 1.29 is 4.74 Å². The smallest absolute Gasteiger partial charge is 0.173 e. The minimum Gasteiger partial charge on any atom is -0.497 e. The first-order valence-electron chi connectivity index (χ1n) is 11.4. The molecule has 1 unspecified atom stereocenters. The van der Waals surface area contributed by atoms with Crippen molar-refractivity contribution in [1.82, 2.24) is 30.0 Å². The fourth-order valence-corrected chi connectivity index (χ4v) is 4.63. The molecular weight excluding hydrogens is 432 g/mol. The molecule has 0 N–H and O–H groups in total. The molecule has 1 saturated heterocycles. The van der Waals surface area contributed by atoms with Gasteiger partial charge in [-0.05, 0) is 58.7 Å². The van der Waals surface area contributed by atoms with Crippen molar-refractivity contribution in [3.8, 4) is 11.4 Å². The zero-order valence-corrected chi connectivity index (χ0v) is 20.2. The van der Waals surface area contributed by atoms with E-state index in [1.807, 2.05) is 40.7 Å². The number of aromatic nitrogens is 4. The number of rotatable bonds is 10. The Kier molecular flexibility index (Phi) is 8.52. The molecule has 7 nitrogen and oxygen atoms in total. The number of piperazine rings is 1. The van der Waals surface area contributed by atoms with E-state index >= 15 is 0 Å². The summed E-state index contributed by atoms with van der Waals surface area (Å²) in [6, 6.07) is 18.6. The fraction of sp³-hybridized carbons (Fsp3) is 0.400. The van der Waals surface area contributed by atoms with Gasteiger partial charge in [-0.15, -0.1) is 5.10 Å². The average Bonchev–Trinajstić information content (AvgIpc) is 3.35. The molecular formula is C25H32N6OS. The summed E-state index contributed by atoms with van der Waals surface area (Å²) in [4.78, 5) is 5.05. The number of hydrogen-bond donors (Lipinski definition) is 0. The predicted octanol–water partition coefficient (Wildman–Crippen LogP) is 3.80. The van der Waals surface area contributed by atoms with Gasteiger partial charge in [-0.1, -0.05) is 42.5 Å². The van der Waals surface area contributed by atoms with E-state index in [4.69, 9.17) is 4.74 Å². The molecule has 0 aliphatic carbocycles. The summed E-state index contributed by atoms with van der Waals surface area (Å²) in [5.41, 5.74) is 2.20. The van der Waals surface area contributed by atoms with Crippen LogP contribution in [0.4, 0.5) is 0 Å². The van der Waals surface area contributed by atoms with Crippen LogP contribution in [0.25, 0.3) is 11.8 Å². The van der Waals surface area contributed by atoms with Crippen molar-refractivity contribution in [2.45, 2.75) is 12.5 Å². The van der Waals surface area contributed by atoms with Crippen LogP contribution in [-0.4, -0.2) is 81.8 Å². The van der Waals surface area contributed by atoms with E-state index in [0.29, 0.717) is 0 Å². The molecule has 1 fully saturated rings. The Labute approximate surface area is 200 Å². The highest BCUT2D eigenvalue weighted by atomic mass is 32.2. The molecule has 8 heteroatoms. The zero-order valence-electron chi connectivity index (χ0n) is 19.4. The van der Waals surface area contributed by atoms with E-state index in [0.717, 1.165) is 62.2 Å². The van der Waals surface area contributed by atoms with Crippen LogP contribution in [-0.2, 0) is 0 Å². The van der Waals surface area contributed by atoms with Gasteiger partial charge in [-0.3, -0.25) is 9.80 Å². The van der Waals surface area contributed by atoms with Gasteiger partial charge in [0.05, 0.1) is 18.8 Å².